The molecule has 3 fully saturated rings. The van der Waals surface area contributed by atoms with Crippen LogP contribution < -0.4 is 10.6 Å². The Kier molecular flexibility index (Phi) is 3.72. The van der Waals surface area contributed by atoms with Crippen LogP contribution in [0.2, 0.25) is 0 Å². The van der Waals surface area contributed by atoms with Crippen LogP contribution in [0.4, 0.5) is 5.69 Å². The number of rotatable bonds is 2. The van der Waals surface area contributed by atoms with Gasteiger partial charge in [-0.2, -0.15) is 0 Å². The van der Waals surface area contributed by atoms with Crippen LogP contribution in [-0.4, -0.2) is 35.7 Å². The zero-order valence-electron chi connectivity index (χ0n) is 12.6. The monoisotopic (exact) mass is 311 g/mol. The number of benzene rings is 2. The third kappa shape index (κ3) is 2.69. The smallest absolute Gasteiger partial charge is 0.171 e. The molecule has 2 aromatic carbocycles. The molecule has 3 aliphatic rings. The summed E-state index contributed by atoms with van der Waals surface area (Å²) in [5.74, 6) is 0.775. The minimum absolute atomic E-state index is 0.498. The van der Waals surface area contributed by atoms with Gasteiger partial charge in [0.25, 0.3) is 0 Å². The molecule has 0 saturated carbocycles. The lowest BCUT2D eigenvalue weighted by atomic mass is 9.84. The second kappa shape index (κ2) is 5.86. The van der Waals surface area contributed by atoms with Gasteiger partial charge in [0.2, 0.25) is 0 Å². The molecule has 0 unspecified atom stereocenters. The zero-order valence-corrected chi connectivity index (χ0v) is 13.4. The van der Waals surface area contributed by atoms with Crippen molar-refractivity contribution < 1.29 is 0 Å². The van der Waals surface area contributed by atoms with Crippen molar-refractivity contribution in [1.29, 1.82) is 0 Å². The molecule has 1 atom stereocenters. The van der Waals surface area contributed by atoms with E-state index < -0.39 is 0 Å². The first-order valence-corrected chi connectivity index (χ1v) is 8.48. The van der Waals surface area contributed by atoms with Crippen LogP contribution in [-0.2, 0) is 0 Å². The molecule has 5 rings (SSSR count). The SMILES string of the molecule is S=C(Nc1cccc2ccccc12)N[C@@H]1CN2CCC1CC2. The summed E-state index contributed by atoms with van der Waals surface area (Å²) < 4.78 is 0. The van der Waals surface area contributed by atoms with Crippen molar-refractivity contribution in [2.45, 2.75) is 18.9 Å². The number of nitrogens with zero attached hydrogens (tertiary/aromatic N) is 1. The van der Waals surface area contributed by atoms with Crippen LogP contribution in [0.3, 0.4) is 0 Å². The summed E-state index contributed by atoms with van der Waals surface area (Å²) in [6.07, 6.45) is 2.60. The lowest BCUT2D eigenvalue weighted by Crippen LogP contribution is -2.57. The number of hydrogen-bond acceptors (Lipinski definition) is 2. The Morgan fingerprint density at radius 2 is 1.82 bits per heavy atom. The highest BCUT2D eigenvalue weighted by atomic mass is 32.1. The molecule has 3 heterocycles. The van der Waals surface area contributed by atoms with Crippen molar-refractivity contribution in [3.63, 3.8) is 0 Å². The van der Waals surface area contributed by atoms with Crippen LogP contribution >= 0.6 is 12.2 Å². The number of fused-ring (bicyclic) bond motifs is 4. The largest absolute Gasteiger partial charge is 0.358 e. The first-order valence-electron chi connectivity index (χ1n) is 8.07. The predicted octanol–water partition coefficient (Wildman–Crippen LogP) is 3.22. The Morgan fingerprint density at radius 3 is 2.59 bits per heavy atom. The van der Waals surface area contributed by atoms with E-state index in [9.17, 15) is 0 Å². The van der Waals surface area contributed by atoms with E-state index in [1.807, 2.05) is 0 Å². The average molecular weight is 311 g/mol. The van der Waals surface area contributed by atoms with Gasteiger partial charge >= 0.3 is 0 Å². The fourth-order valence-corrected chi connectivity index (χ4v) is 4.05. The molecule has 3 nitrogen and oxygen atoms in total. The molecule has 3 aliphatic heterocycles. The number of hydrogen-bond donors (Lipinski definition) is 2. The molecule has 4 heteroatoms. The third-order valence-electron chi connectivity index (χ3n) is 5.01. The number of thiocarbonyl (C=S) groups is 1. The maximum Gasteiger partial charge on any atom is 0.171 e. The van der Waals surface area contributed by atoms with E-state index in [-0.39, 0.29) is 0 Å². The van der Waals surface area contributed by atoms with Gasteiger partial charge in [0.15, 0.2) is 5.11 Å². The first kappa shape index (κ1) is 14.0. The van der Waals surface area contributed by atoms with E-state index in [4.69, 9.17) is 12.2 Å². The summed E-state index contributed by atoms with van der Waals surface area (Å²) in [7, 11) is 0. The fourth-order valence-electron chi connectivity index (χ4n) is 3.79. The van der Waals surface area contributed by atoms with Crippen molar-refractivity contribution >= 4 is 33.8 Å². The maximum absolute atomic E-state index is 5.55. The third-order valence-corrected chi connectivity index (χ3v) is 5.23. The van der Waals surface area contributed by atoms with E-state index in [2.05, 4.69) is 58.0 Å². The number of anilines is 1. The Bertz CT molecular complexity index is 686. The Labute approximate surface area is 136 Å². The number of nitrogens with one attached hydrogen (secondary N) is 2. The average Bonchev–Trinajstić information content (AvgIpc) is 2.56. The molecule has 2 aromatic rings. The standard InChI is InChI=1S/C18H21N3S/c22-18(20-17-12-21-10-8-14(17)9-11-21)19-16-7-3-5-13-4-1-2-6-15(13)16/h1-7,14,17H,8-12H2,(H2,19,20,22)/t17-/m1/s1. The van der Waals surface area contributed by atoms with Crippen LogP contribution in [0.5, 0.6) is 0 Å². The highest BCUT2D eigenvalue weighted by molar-refractivity contribution is 7.80. The molecular weight excluding hydrogens is 290 g/mol. The molecular formula is C18H21N3S. The van der Waals surface area contributed by atoms with E-state index in [1.54, 1.807) is 0 Å². The normalized spacial score (nSPS) is 26.8. The minimum atomic E-state index is 0.498. The van der Waals surface area contributed by atoms with Crippen LogP contribution in [0.15, 0.2) is 42.5 Å². The van der Waals surface area contributed by atoms with Crippen LogP contribution in [0.25, 0.3) is 10.8 Å². The van der Waals surface area contributed by atoms with Gasteiger partial charge in [0.05, 0.1) is 0 Å². The van der Waals surface area contributed by atoms with Gasteiger partial charge in [-0.15, -0.1) is 0 Å². The van der Waals surface area contributed by atoms with Gasteiger partial charge in [-0.05, 0) is 55.5 Å². The summed E-state index contributed by atoms with van der Waals surface area (Å²) in [4.78, 5) is 2.54. The van der Waals surface area contributed by atoms with Gasteiger partial charge < -0.3 is 15.5 Å². The molecule has 2 bridgehead atoms. The number of piperidine rings is 3. The summed E-state index contributed by atoms with van der Waals surface area (Å²) in [6.45, 7) is 3.64. The van der Waals surface area contributed by atoms with E-state index in [0.717, 1.165) is 23.3 Å². The molecule has 0 amide bonds. The lowest BCUT2D eigenvalue weighted by Gasteiger charge is -2.45. The first-order chi connectivity index (χ1) is 10.8. The molecule has 22 heavy (non-hydrogen) atoms. The molecule has 0 aliphatic carbocycles. The summed E-state index contributed by atoms with van der Waals surface area (Å²) in [5.41, 5.74) is 1.08. The second-order valence-corrected chi connectivity index (χ2v) is 6.78. The summed E-state index contributed by atoms with van der Waals surface area (Å²) in [5, 5.41) is 10.1. The van der Waals surface area contributed by atoms with Crippen LogP contribution in [0, 0.1) is 5.92 Å². The van der Waals surface area contributed by atoms with Gasteiger partial charge in [-0.1, -0.05) is 36.4 Å². The van der Waals surface area contributed by atoms with Crippen molar-refractivity contribution in [1.82, 2.24) is 10.2 Å². The predicted molar refractivity (Wildman–Crippen MR) is 96.3 cm³/mol. The van der Waals surface area contributed by atoms with Crippen molar-refractivity contribution in [3.05, 3.63) is 42.5 Å². The van der Waals surface area contributed by atoms with Gasteiger partial charge in [0, 0.05) is 23.7 Å². The molecule has 114 valence electrons. The molecule has 3 saturated heterocycles. The van der Waals surface area contributed by atoms with Crippen molar-refractivity contribution in [2.75, 3.05) is 25.0 Å². The Morgan fingerprint density at radius 1 is 1.05 bits per heavy atom. The van der Waals surface area contributed by atoms with E-state index in [1.165, 1.54) is 36.7 Å². The van der Waals surface area contributed by atoms with E-state index in [0.29, 0.717) is 6.04 Å². The fraction of sp³-hybridized carbons (Fsp3) is 0.389. The second-order valence-electron chi connectivity index (χ2n) is 6.37. The maximum atomic E-state index is 5.55. The molecule has 0 radical (unpaired) electrons. The van der Waals surface area contributed by atoms with Gasteiger partial charge in [-0.25, -0.2) is 0 Å². The lowest BCUT2D eigenvalue weighted by molar-refractivity contribution is 0.0815. The zero-order chi connectivity index (χ0) is 14.9. The highest BCUT2D eigenvalue weighted by Gasteiger charge is 2.34. The molecule has 0 spiro atoms. The van der Waals surface area contributed by atoms with Gasteiger partial charge in [-0.3, -0.25) is 0 Å². The topological polar surface area (TPSA) is 27.3 Å². The Balaban J connectivity index is 1.47. The molecule has 2 N–H and O–H groups in total. The summed E-state index contributed by atoms with van der Waals surface area (Å²) >= 11 is 5.55. The van der Waals surface area contributed by atoms with Crippen molar-refractivity contribution in [2.24, 2.45) is 5.92 Å². The van der Waals surface area contributed by atoms with Crippen molar-refractivity contribution in [3.8, 4) is 0 Å². The van der Waals surface area contributed by atoms with Gasteiger partial charge in [0.1, 0.15) is 0 Å². The quantitative estimate of drug-likeness (QED) is 0.833. The minimum Gasteiger partial charge on any atom is -0.358 e. The highest BCUT2D eigenvalue weighted by Crippen LogP contribution is 2.28. The molecule has 0 aromatic heterocycles. The Hall–Kier alpha value is -1.65. The van der Waals surface area contributed by atoms with E-state index >= 15 is 0 Å². The summed E-state index contributed by atoms with van der Waals surface area (Å²) in [6, 6.07) is 15.2. The van der Waals surface area contributed by atoms with Crippen LogP contribution in [0.1, 0.15) is 12.8 Å².